The van der Waals surface area contributed by atoms with Crippen molar-refractivity contribution < 1.29 is 28.6 Å². The molecule has 0 amide bonds. The largest absolute Gasteiger partial charge is 0.462 e. The summed E-state index contributed by atoms with van der Waals surface area (Å²) in [6, 6.07) is 0. The molecule has 0 aromatic rings. The van der Waals surface area contributed by atoms with Crippen molar-refractivity contribution in [1.29, 1.82) is 0 Å². The predicted molar refractivity (Wildman–Crippen MR) is 362 cm³/mol. The van der Waals surface area contributed by atoms with Crippen molar-refractivity contribution in [1.82, 2.24) is 0 Å². The van der Waals surface area contributed by atoms with Gasteiger partial charge in [0.2, 0.25) is 0 Å². The summed E-state index contributed by atoms with van der Waals surface area (Å²) in [7, 11) is 0. The molecule has 83 heavy (non-hydrogen) atoms. The monoisotopic (exact) mass is 1150 g/mol. The van der Waals surface area contributed by atoms with E-state index in [9.17, 15) is 14.4 Å². The smallest absolute Gasteiger partial charge is 0.306 e. The number of rotatable bonds is 64. The van der Waals surface area contributed by atoms with Crippen LogP contribution in [0.3, 0.4) is 0 Å². The van der Waals surface area contributed by atoms with Gasteiger partial charge in [0, 0.05) is 19.3 Å². The van der Waals surface area contributed by atoms with Crippen molar-refractivity contribution in [2.45, 2.75) is 348 Å². The number of carbonyl (C=O) groups is 3. The van der Waals surface area contributed by atoms with Gasteiger partial charge in [0.15, 0.2) is 6.10 Å². The molecule has 6 nitrogen and oxygen atoms in total. The molecule has 0 saturated carbocycles. The normalized spacial score (nSPS) is 12.8. The topological polar surface area (TPSA) is 78.9 Å². The van der Waals surface area contributed by atoms with Crippen LogP contribution in [0, 0.1) is 0 Å². The average Bonchev–Trinajstić information content (AvgIpc) is 3.49. The molecule has 0 aromatic heterocycles. The highest BCUT2D eigenvalue weighted by atomic mass is 16.6. The Hall–Kier alpha value is -3.93. The summed E-state index contributed by atoms with van der Waals surface area (Å²) in [6.07, 6.45) is 97.2. The molecule has 1 atom stereocenters. The van der Waals surface area contributed by atoms with Crippen LogP contribution in [0.25, 0.3) is 0 Å². The molecular weight excluding hydrogens is 1020 g/mol. The Kier molecular flexibility index (Phi) is 67.2. The summed E-state index contributed by atoms with van der Waals surface area (Å²) in [5.41, 5.74) is 0. The summed E-state index contributed by atoms with van der Waals surface area (Å²) >= 11 is 0. The third-order valence-corrected chi connectivity index (χ3v) is 15.3. The molecule has 0 N–H and O–H groups in total. The van der Waals surface area contributed by atoms with Crippen molar-refractivity contribution in [3.05, 3.63) is 109 Å². The van der Waals surface area contributed by atoms with E-state index in [0.717, 1.165) is 116 Å². The van der Waals surface area contributed by atoms with Gasteiger partial charge in [-0.05, 0) is 103 Å². The minimum Gasteiger partial charge on any atom is -0.462 e. The van der Waals surface area contributed by atoms with Crippen LogP contribution in [0.5, 0.6) is 0 Å². The van der Waals surface area contributed by atoms with Gasteiger partial charge in [0.05, 0.1) is 0 Å². The molecule has 0 aliphatic heterocycles. The lowest BCUT2D eigenvalue weighted by molar-refractivity contribution is -0.167. The Morgan fingerprint density at radius 1 is 0.253 bits per heavy atom. The van der Waals surface area contributed by atoms with Crippen molar-refractivity contribution in [3.8, 4) is 0 Å². The van der Waals surface area contributed by atoms with Crippen LogP contribution in [0.4, 0.5) is 0 Å². The van der Waals surface area contributed by atoms with Crippen LogP contribution in [0.1, 0.15) is 342 Å². The van der Waals surface area contributed by atoms with Gasteiger partial charge in [0.25, 0.3) is 0 Å². The van der Waals surface area contributed by atoms with Gasteiger partial charge in [0.1, 0.15) is 13.2 Å². The Bertz CT molecular complexity index is 1660. The standard InChI is InChI=1S/C77H132O6/c1-4-7-10-13-16-18-20-22-24-26-28-30-32-34-36-38-40-42-44-46-48-50-52-54-56-58-61-64-67-70-76(79)82-73-74(72-81-75(78)69-66-63-60-15-12-9-6-3)83-77(80)71-68-65-62-59-57-55-53-51-49-47-45-43-41-39-37-35-33-31-29-27-25-23-21-19-17-14-11-8-5-2/h7-8,10-11,16-19,22-25,28-31,34,36,74H,4-6,9,12-15,20-21,26-27,32-33,35,37-73H2,1-3H3/b10-7-,11-8-,18-16-,19-17-,24-22-,25-23-,30-28-,31-29-,36-34-. The first kappa shape index (κ1) is 79.1. The Morgan fingerprint density at radius 3 is 0.735 bits per heavy atom. The zero-order chi connectivity index (χ0) is 59.9. The van der Waals surface area contributed by atoms with E-state index < -0.39 is 6.10 Å². The second-order valence-electron chi connectivity index (χ2n) is 23.4. The van der Waals surface area contributed by atoms with Crippen LogP contribution in [0.2, 0.25) is 0 Å². The van der Waals surface area contributed by atoms with E-state index in [1.54, 1.807) is 0 Å². The van der Waals surface area contributed by atoms with Crippen molar-refractivity contribution in [3.63, 3.8) is 0 Å². The maximum absolute atomic E-state index is 12.9. The van der Waals surface area contributed by atoms with Crippen LogP contribution in [0.15, 0.2) is 109 Å². The highest BCUT2D eigenvalue weighted by molar-refractivity contribution is 5.71. The molecule has 0 rings (SSSR count). The summed E-state index contributed by atoms with van der Waals surface area (Å²) in [5, 5.41) is 0. The van der Waals surface area contributed by atoms with E-state index in [2.05, 4.69) is 130 Å². The predicted octanol–water partition coefficient (Wildman–Crippen LogP) is 24.6. The van der Waals surface area contributed by atoms with Crippen LogP contribution < -0.4 is 0 Å². The molecule has 0 saturated heterocycles. The van der Waals surface area contributed by atoms with E-state index >= 15 is 0 Å². The van der Waals surface area contributed by atoms with Gasteiger partial charge in [-0.3, -0.25) is 14.4 Å². The lowest BCUT2D eigenvalue weighted by atomic mass is 10.0. The van der Waals surface area contributed by atoms with Gasteiger partial charge >= 0.3 is 17.9 Å². The minimum absolute atomic E-state index is 0.0744. The zero-order valence-electron chi connectivity index (χ0n) is 54.7. The molecule has 0 spiro atoms. The SMILES string of the molecule is CC/C=C\C/C=C\C/C=C\C/C=C\C/C=C\CCCCCCCCCCCCCCCC(=O)OCC(COC(=O)CCCCCCCCC)OC(=O)CCCCCCCCCCCCCCCCCC/C=C\C/C=C\C/C=C\C/C=C\CC. The molecule has 0 fully saturated rings. The van der Waals surface area contributed by atoms with Crippen LogP contribution in [-0.4, -0.2) is 37.2 Å². The van der Waals surface area contributed by atoms with Crippen molar-refractivity contribution in [2.24, 2.45) is 0 Å². The number of hydrogen-bond donors (Lipinski definition) is 0. The summed E-state index contributed by atoms with van der Waals surface area (Å²) in [4.78, 5) is 38.2. The Morgan fingerprint density at radius 2 is 0.470 bits per heavy atom. The second-order valence-corrected chi connectivity index (χ2v) is 23.4. The summed E-state index contributed by atoms with van der Waals surface area (Å²) in [6.45, 7) is 6.41. The molecule has 0 bridgehead atoms. The van der Waals surface area contributed by atoms with Gasteiger partial charge < -0.3 is 14.2 Å². The first-order chi connectivity index (χ1) is 41.0. The number of unbranched alkanes of at least 4 members (excludes halogenated alkanes) is 35. The Labute approximate surface area is 514 Å². The van der Waals surface area contributed by atoms with E-state index in [-0.39, 0.29) is 31.1 Å². The van der Waals surface area contributed by atoms with E-state index in [0.29, 0.717) is 19.3 Å². The maximum atomic E-state index is 12.9. The summed E-state index contributed by atoms with van der Waals surface area (Å²) in [5.74, 6) is -0.868. The molecule has 0 heterocycles. The van der Waals surface area contributed by atoms with Gasteiger partial charge in [-0.25, -0.2) is 0 Å². The molecule has 0 radical (unpaired) electrons. The van der Waals surface area contributed by atoms with E-state index in [4.69, 9.17) is 14.2 Å². The second kappa shape index (κ2) is 70.6. The molecule has 6 heteroatoms. The van der Waals surface area contributed by atoms with Crippen molar-refractivity contribution >= 4 is 17.9 Å². The highest BCUT2D eigenvalue weighted by Crippen LogP contribution is 2.18. The first-order valence-corrected chi connectivity index (χ1v) is 35.4. The van der Waals surface area contributed by atoms with E-state index in [1.165, 1.54) is 186 Å². The fraction of sp³-hybridized carbons (Fsp3) is 0.727. The van der Waals surface area contributed by atoms with Crippen LogP contribution in [-0.2, 0) is 28.6 Å². The molecule has 0 aliphatic rings. The number of esters is 3. The number of carbonyl (C=O) groups excluding carboxylic acids is 3. The van der Waals surface area contributed by atoms with Gasteiger partial charge in [-0.2, -0.15) is 0 Å². The highest BCUT2D eigenvalue weighted by Gasteiger charge is 2.19. The Balaban J connectivity index is 4.06. The number of ether oxygens (including phenoxy) is 3. The van der Waals surface area contributed by atoms with Crippen LogP contribution >= 0.6 is 0 Å². The minimum atomic E-state index is -0.776. The fourth-order valence-electron chi connectivity index (χ4n) is 10.1. The van der Waals surface area contributed by atoms with Crippen molar-refractivity contribution in [2.75, 3.05) is 13.2 Å². The van der Waals surface area contributed by atoms with Gasteiger partial charge in [-0.1, -0.05) is 329 Å². The van der Waals surface area contributed by atoms with Gasteiger partial charge in [-0.15, -0.1) is 0 Å². The zero-order valence-corrected chi connectivity index (χ0v) is 54.7. The molecule has 476 valence electrons. The lowest BCUT2D eigenvalue weighted by Gasteiger charge is -2.18. The molecule has 0 aliphatic carbocycles. The molecule has 1 unspecified atom stereocenters. The molecule has 0 aromatic carbocycles. The first-order valence-electron chi connectivity index (χ1n) is 35.4. The fourth-order valence-corrected chi connectivity index (χ4v) is 10.1. The third kappa shape index (κ3) is 68.7. The number of allylic oxidation sites excluding steroid dienone is 18. The average molecular weight is 1150 g/mol. The lowest BCUT2D eigenvalue weighted by Crippen LogP contribution is -2.30. The van der Waals surface area contributed by atoms with E-state index in [1.807, 2.05) is 0 Å². The quantitative estimate of drug-likeness (QED) is 0.0261. The third-order valence-electron chi connectivity index (χ3n) is 15.3. The maximum Gasteiger partial charge on any atom is 0.306 e. The summed E-state index contributed by atoms with van der Waals surface area (Å²) < 4.78 is 16.9. The molecular formula is C77H132O6. The number of hydrogen-bond acceptors (Lipinski definition) is 6.